The molecule has 1 amide bonds. The van der Waals surface area contributed by atoms with Crippen LogP contribution in [0.4, 0.5) is 26.4 Å². The van der Waals surface area contributed by atoms with Crippen molar-refractivity contribution >= 4 is 45.8 Å². The molecule has 5 rings (SSSR count). The van der Waals surface area contributed by atoms with Gasteiger partial charge in [-0.05, 0) is 37.7 Å². The van der Waals surface area contributed by atoms with Crippen LogP contribution in [0.3, 0.4) is 0 Å². The zero-order valence-electron chi connectivity index (χ0n) is 17.8. The highest BCUT2D eigenvalue weighted by Gasteiger charge is 2.53. The van der Waals surface area contributed by atoms with Crippen LogP contribution in [0.25, 0.3) is 10.9 Å². The highest BCUT2D eigenvalue weighted by atomic mass is 35.5. The van der Waals surface area contributed by atoms with E-state index in [1.807, 2.05) is 7.05 Å². The molecular formula is C22H21ClFN5O3. The minimum Gasteiger partial charge on any atom is -0.494 e. The van der Waals surface area contributed by atoms with Gasteiger partial charge in [-0.1, -0.05) is 11.6 Å². The number of nitrogens with one attached hydrogen (secondary N) is 1. The van der Waals surface area contributed by atoms with Crippen LogP contribution in [0.2, 0.25) is 5.02 Å². The summed E-state index contributed by atoms with van der Waals surface area (Å²) in [5.74, 6) is 0.512. The van der Waals surface area contributed by atoms with Crippen molar-refractivity contribution in [2.24, 2.45) is 0 Å². The smallest absolute Gasteiger partial charge is 0.415 e. The largest absolute Gasteiger partial charge is 0.494 e. The van der Waals surface area contributed by atoms with E-state index in [2.05, 4.69) is 20.2 Å². The first-order chi connectivity index (χ1) is 15.3. The number of methoxy groups -OCH3 is 1. The first kappa shape index (κ1) is 20.7. The van der Waals surface area contributed by atoms with Crippen LogP contribution >= 0.6 is 11.6 Å². The molecular weight excluding hydrogens is 437 g/mol. The summed E-state index contributed by atoms with van der Waals surface area (Å²) in [6.45, 7) is 3.53. The molecule has 1 spiro atoms. The van der Waals surface area contributed by atoms with Crippen molar-refractivity contribution in [2.75, 3.05) is 44.0 Å². The first-order valence-corrected chi connectivity index (χ1v) is 10.4. The standard InChI is InChI=1S/C22H21ClFN5O3/c1-12-15(5-4-14(24)19(12)23)27-20-13-6-17(18(31-3)7-16(13)25-11-26-20)29-10-22(32-21(29)30)8-28(2)9-22/h4-7,11H,8-10H2,1-3H3,(H,25,26,27). The number of carbonyl (C=O) groups excluding carboxylic acids is 1. The maximum atomic E-state index is 13.8. The van der Waals surface area contributed by atoms with E-state index in [1.165, 1.54) is 12.4 Å². The zero-order chi connectivity index (χ0) is 22.6. The van der Waals surface area contributed by atoms with Gasteiger partial charge in [0.05, 0.1) is 29.9 Å². The fraction of sp³-hybridized carbons (Fsp3) is 0.318. The Hall–Kier alpha value is -3.17. The molecule has 1 aromatic heterocycles. The number of rotatable bonds is 4. The molecule has 2 aromatic carbocycles. The van der Waals surface area contributed by atoms with E-state index in [1.54, 1.807) is 37.1 Å². The van der Waals surface area contributed by atoms with E-state index < -0.39 is 17.5 Å². The number of aromatic nitrogens is 2. The predicted molar refractivity (Wildman–Crippen MR) is 120 cm³/mol. The molecule has 32 heavy (non-hydrogen) atoms. The molecule has 10 heteroatoms. The molecule has 0 atom stereocenters. The number of hydrogen-bond acceptors (Lipinski definition) is 7. The molecule has 0 radical (unpaired) electrons. The highest BCUT2D eigenvalue weighted by molar-refractivity contribution is 6.31. The molecule has 0 aliphatic carbocycles. The van der Waals surface area contributed by atoms with Gasteiger partial charge >= 0.3 is 6.09 Å². The minimum absolute atomic E-state index is 0.0475. The van der Waals surface area contributed by atoms with Crippen molar-refractivity contribution in [3.63, 3.8) is 0 Å². The number of carbonyl (C=O) groups is 1. The Bertz CT molecular complexity index is 1250. The van der Waals surface area contributed by atoms with Crippen molar-refractivity contribution in [3.05, 3.63) is 47.0 Å². The van der Waals surface area contributed by atoms with Crippen molar-refractivity contribution in [1.82, 2.24) is 14.9 Å². The zero-order valence-corrected chi connectivity index (χ0v) is 18.5. The molecule has 0 bridgehead atoms. The lowest BCUT2D eigenvalue weighted by molar-refractivity contribution is -0.0599. The number of likely N-dealkylation sites (tertiary alicyclic amines) is 1. The van der Waals surface area contributed by atoms with Crippen molar-refractivity contribution in [3.8, 4) is 5.75 Å². The molecule has 2 fully saturated rings. The van der Waals surface area contributed by atoms with Gasteiger partial charge in [-0.15, -0.1) is 0 Å². The Morgan fingerprint density at radius 3 is 2.75 bits per heavy atom. The highest BCUT2D eigenvalue weighted by Crippen LogP contribution is 2.41. The lowest BCUT2D eigenvalue weighted by Crippen LogP contribution is -2.62. The fourth-order valence-corrected chi connectivity index (χ4v) is 4.54. The van der Waals surface area contributed by atoms with Gasteiger partial charge in [0.15, 0.2) is 5.60 Å². The molecule has 0 saturated carbocycles. The molecule has 3 aromatic rings. The maximum Gasteiger partial charge on any atom is 0.415 e. The van der Waals surface area contributed by atoms with Crippen LogP contribution in [-0.4, -0.2) is 60.4 Å². The number of amides is 1. The number of fused-ring (bicyclic) bond motifs is 1. The second kappa shape index (κ2) is 7.46. The number of benzene rings is 2. The normalized spacial score (nSPS) is 17.5. The third kappa shape index (κ3) is 3.28. The molecule has 1 N–H and O–H groups in total. The number of likely N-dealkylation sites (N-methyl/N-ethyl adjacent to an activating group) is 1. The molecule has 3 heterocycles. The van der Waals surface area contributed by atoms with E-state index in [9.17, 15) is 9.18 Å². The van der Waals surface area contributed by atoms with E-state index in [4.69, 9.17) is 21.1 Å². The van der Waals surface area contributed by atoms with Gasteiger partial charge in [0.25, 0.3) is 0 Å². The first-order valence-electron chi connectivity index (χ1n) is 10.0. The number of anilines is 3. The average molecular weight is 458 g/mol. The molecule has 2 aliphatic heterocycles. The molecule has 8 nitrogen and oxygen atoms in total. The van der Waals surface area contributed by atoms with Gasteiger partial charge in [0, 0.05) is 30.2 Å². The van der Waals surface area contributed by atoms with Gasteiger partial charge in [0.2, 0.25) is 0 Å². The molecule has 2 aliphatic rings. The van der Waals surface area contributed by atoms with E-state index in [0.29, 0.717) is 59.0 Å². The van der Waals surface area contributed by atoms with Gasteiger partial charge in [-0.25, -0.2) is 19.2 Å². The van der Waals surface area contributed by atoms with Gasteiger partial charge in [-0.2, -0.15) is 0 Å². The van der Waals surface area contributed by atoms with Gasteiger partial charge in [-0.3, -0.25) is 9.80 Å². The maximum absolute atomic E-state index is 13.8. The second-order valence-corrected chi connectivity index (χ2v) is 8.61. The average Bonchev–Trinajstić information content (AvgIpc) is 3.10. The lowest BCUT2D eigenvalue weighted by atomic mass is 9.95. The van der Waals surface area contributed by atoms with Crippen LogP contribution < -0.4 is 15.0 Å². The van der Waals surface area contributed by atoms with E-state index >= 15 is 0 Å². The summed E-state index contributed by atoms with van der Waals surface area (Å²) < 4.78 is 25.0. The quantitative estimate of drug-likeness (QED) is 0.631. The summed E-state index contributed by atoms with van der Waals surface area (Å²) in [4.78, 5) is 25.1. The van der Waals surface area contributed by atoms with Crippen LogP contribution in [-0.2, 0) is 4.74 Å². The number of halogens is 2. The summed E-state index contributed by atoms with van der Waals surface area (Å²) >= 11 is 6.06. The van der Waals surface area contributed by atoms with Crippen LogP contribution in [0.5, 0.6) is 5.75 Å². The Morgan fingerprint density at radius 2 is 2.03 bits per heavy atom. The third-order valence-corrected chi connectivity index (χ3v) is 6.37. The summed E-state index contributed by atoms with van der Waals surface area (Å²) in [7, 11) is 3.53. The molecule has 166 valence electrons. The van der Waals surface area contributed by atoms with Crippen molar-refractivity contribution < 1.29 is 18.7 Å². The van der Waals surface area contributed by atoms with Crippen LogP contribution in [0, 0.1) is 12.7 Å². The Kier molecular flexibility index (Phi) is 4.83. The Labute approximate surface area is 188 Å². The third-order valence-electron chi connectivity index (χ3n) is 5.91. The summed E-state index contributed by atoms with van der Waals surface area (Å²) in [6.07, 6.45) is 1.01. The van der Waals surface area contributed by atoms with Gasteiger partial charge in [0.1, 0.15) is 23.7 Å². The minimum atomic E-state index is -0.498. The van der Waals surface area contributed by atoms with E-state index in [0.717, 1.165) is 0 Å². The SMILES string of the molecule is COc1cc2ncnc(Nc3ccc(F)c(Cl)c3C)c2cc1N1CC2(CN(C)C2)OC1=O. The summed E-state index contributed by atoms with van der Waals surface area (Å²) in [5.41, 5.74) is 1.88. The Balaban J connectivity index is 1.57. The van der Waals surface area contributed by atoms with Crippen LogP contribution in [0.15, 0.2) is 30.6 Å². The summed E-state index contributed by atoms with van der Waals surface area (Å²) in [5, 5.41) is 3.93. The second-order valence-electron chi connectivity index (χ2n) is 8.23. The van der Waals surface area contributed by atoms with Crippen molar-refractivity contribution in [2.45, 2.75) is 12.5 Å². The molecule has 0 unspecified atom stereocenters. The lowest BCUT2D eigenvalue weighted by Gasteiger charge is -2.43. The number of hydrogen-bond donors (Lipinski definition) is 1. The van der Waals surface area contributed by atoms with Gasteiger partial charge < -0.3 is 14.8 Å². The number of ether oxygens (including phenoxy) is 2. The van der Waals surface area contributed by atoms with Crippen LogP contribution in [0.1, 0.15) is 5.56 Å². The van der Waals surface area contributed by atoms with Crippen molar-refractivity contribution in [1.29, 1.82) is 0 Å². The number of nitrogens with zero attached hydrogens (tertiary/aromatic N) is 4. The van der Waals surface area contributed by atoms with E-state index in [-0.39, 0.29) is 5.02 Å². The topological polar surface area (TPSA) is 79.8 Å². The Morgan fingerprint density at radius 1 is 1.25 bits per heavy atom. The molecule has 2 saturated heterocycles. The monoisotopic (exact) mass is 457 g/mol. The fourth-order valence-electron chi connectivity index (χ4n) is 4.37. The predicted octanol–water partition coefficient (Wildman–Crippen LogP) is 4.12. The summed E-state index contributed by atoms with van der Waals surface area (Å²) in [6, 6.07) is 6.46.